The van der Waals surface area contributed by atoms with Gasteiger partial charge in [0.2, 0.25) is 15.9 Å². The molecule has 5 nitrogen and oxygen atoms in total. The number of sulfonamides is 1. The van der Waals surface area contributed by atoms with E-state index in [1.54, 1.807) is 27.7 Å². The van der Waals surface area contributed by atoms with E-state index in [0.29, 0.717) is 6.54 Å². The average molecular weight is 326 g/mol. The van der Waals surface area contributed by atoms with Crippen LogP contribution in [0.15, 0.2) is 4.90 Å². The van der Waals surface area contributed by atoms with Crippen LogP contribution in [0.2, 0.25) is 0 Å². The Morgan fingerprint density at radius 3 is 1.77 bits per heavy atom. The number of hydrogen-bond acceptors (Lipinski definition) is 3. The van der Waals surface area contributed by atoms with E-state index < -0.39 is 16.1 Å². The van der Waals surface area contributed by atoms with Gasteiger partial charge in [0, 0.05) is 6.54 Å². The van der Waals surface area contributed by atoms with Crippen molar-refractivity contribution in [1.82, 2.24) is 10.0 Å². The fourth-order valence-electron chi connectivity index (χ4n) is 2.54. The maximum Gasteiger partial charge on any atom is 0.241 e. The number of carbonyl (C=O) groups excluding carboxylic acids is 1. The predicted octanol–water partition coefficient (Wildman–Crippen LogP) is 2.03. The van der Waals surface area contributed by atoms with Gasteiger partial charge in [-0.15, -0.1) is 0 Å². The van der Waals surface area contributed by atoms with Gasteiger partial charge in [0.15, 0.2) is 0 Å². The van der Waals surface area contributed by atoms with Crippen LogP contribution in [0.5, 0.6) is 0 Å². The maximum absolute atomic E-state index is 12.7. The SMILES string of the molecule is CCNC(=O)[C@H](C)NS(=O)(=O)c1c(C)c(C)c(C)c(C)c1C. The Bertz CT molecular complexity index is 665. The standard InChI is InChI=1S/C16H26N2O3S/c1-8-17-16(19)14(7)18-22(20,21)15-12(5)10(3)9(2)11(4)13(15)6/h14,18H,8H2,1-7H3,(H,17,19)/t14-/m0/s1. The summed E-state index contributed by atoms with van der Waals surface area (Å²) in [6.07, 6.45) is 0. The molecule has 0 radical (unpaired) electrons. The van der Waals surface area contributed by atoms with Crippen LogP contribution in [0.4, 0.5) is 0 Å². The quantitative estimate of drug-likeness (QED) is 0.869. The summed E-state index contributed by atoms with van der Waals surface area (Å²) in [6.45, 7) is 13.2. The lowest BCUT2D eigenvalue weighted by molar-refractivity contribution is -0.122. The number of amides is 1. The Hall–Kier alpha value is -1.40. The molecule has 0 aromatic heterocycles. The van der Waals surface area contributed by atoms with Crippen molar-refractivity contribution in [3.8, 4) is 0 Å². The van der Waals surface area contributed by atoms with E-state index >= 15 is 0 Å². The summed E-state index contributed by atoms with van der Waals surface area (Å²) >= 11 is 0. The van der Waals surface area contributed by atoms with Gasteiger partial charge in [0.05, 0.1) is 10.9 Å². The summed E-state index contributed by atoms with van der Waals surface area (Å²) in [5.41, 5.74) is 4.50. The lowest BCUT2D eigenvalue weighted by Gasteiger charge is -2.20. The highest BCUT2D eigenvalue weighted by Gasteiger charge is 2.27. The second-order valence-electron chi connectivity index (χ2n) is 5.69. The maximum atomic E-state index is 12.7. The summed E-state index contributed by atoms with van der Waals surface area (Å²) in [6, 6.07) is -0.814. The third-order valence-corrected chi connectivity index (χ3v) is 6.09. The van der Waals surface area contributed by atoms with E-state index in [-0.39, 0.29) is 10.8 Å². The molecule has 0 aliphatic carbocycles. The van der Waals surface area contributed by atoms with Crippen LogP contribution in [0.3, 0.4) is 0 Å². The number of benzene rings is 1. The minimum atomic E-state index is -3.76. The molecular weight excluding hydrogens is 300 g/mol. The van der Waals surface area contributed by atoms with E-state index in [1.165, 1.54) is 0 Å². The first-order valence-corrected chi connectivity index (χ1v) is 8.89. The molecule has 1 rings (SSSR count). The Morgan fingerprint density at radius 1 is 0.955 bits per heavy atom. The summed E-state index contributed by atoms with van der Waals surface area (Å²) in [5.74, 6) is -0.332. The van der Waals surface area contributed by atoms with Crippen LogP contribution in [-0.4, -0.2) is 26.9 Å². The van der Waals surface area contributed by atoms with Crippen LogP contribution in [0, 0.1) is 34.6 Å². The van der Waals surface area contributed by atoms with Crippen molar-refractivity contribution < 1.29 is 13.2 Å². The molecule has 0 aliphatic rings. The first-order valence-electron chi connectivity index (χ1n) is 7.41. The highest BCUT2D eigenvalue weighted by molar-refractivity contribution is 7.89. The normalized spacial score (nSPS) is 13.0. The molecule has 1 amide bonds. The monoisotopic (exact) mass is 326 g/mol. The van der Waals surface area contributed by atoms with Crippen molar-refractivity contribution in [2.75, 3.05) is 6.54 Å². The number of nitrogens with one attached hydrogen (secondary N) is 2. The molecule has 0 aliphatic heterocycles. The minimum absolute atomic E-state index is 0.282. The van der Waals surface area contributed by atoms with Crippen LogP contribution in [0.25, 0.3) is 0 Å². The molecule has 6 heteroatoms. The fourth-order valence-corrected chi connectivity index (χ4v) is 4.34. The first kappa shape index (κ1) is 18.6. The van der Waals surface area contributed by atoms with E-state index in [2.05, 4.69) is 10.0 Å². The number of hydrogen-bond donors (Lipinski definition) is 2. The Labute approximate surface area is 133 Å². The molecule has 0 fully saturated rings. The van der Waals surface area contributed by atoms with E-state index in [9.17, 15) is 13.2 Å². The van der Waals surface area contributed by atoms with Crippen molar-refractivity contribution >= 4 is 15.9 Å². The Kier molecular flexibility index (Phi) is 5.76. The van der Waals surface area contributed by atoms with Crippen molar-refractivity contribution in [2.45, 2.75) is 59.4 Å². The van der Waals surface area contributed by atoms with Crippen LogP contribution in [-0.2, 0) is 14.8 Å². The highest BCUT2D eigenvalue weighted by atomic mass is 32.2. The van der Waals surface area contributed by atoms with E-state index in [0.717, 1.165) is 27.8 Å². The summed E-state index contributed by atoms with van der Waals surface area (Å²) in [4.78, 5) is 12.1. The largest absolute Gasteiger partial charge is 0.355 e. The van der Waals surface area contributed by atoms with Crippen LogP contribution >= 0.6 is 0 Å². The zero-order chi connectivity index (χ0) is 17.2. The molecule has 1 aromatic carbocycles. The molecule has 1 aromatic rings. The topological polar surface area (TPSA) is 75.3 Å². The molecule has 0 unspecified atom stereocenters. The van der Waals surface area contributed by atoms with Crippen molar-refractivity contribution in [3.63, 3.8) is 0 Å². The molecule has 0 bridgehead atoms. The van der Waals surface area contributed by atoms with Gasteiger partial charge in [-0.3, -0.25) is 4.79 Å². The fraction of sp³-hybridized carbons (Fsp3) is 0.562. The molecule has 22 heavy (non-hydrogen) atoms. The zero-order valence-corrected chi connectivity index (χ0v) is 15.2. The Balaban J connectivity index is 3.33. The van der Waals surface area contributed by atoms with Gasteiger partial charge in [-0.05, 0) is 76.3 Å². The number of carbonyl (C=O) groups is 1. The van der Waals surface area contributed by atoms with Crippen molar-refractivity contribution in [1.29, 1.82) is 0 Å². The van der Waals surface area contributed by atoms with Crippen LogP contribution in [0.1, 0.15) is 41.7 Å². The lowest BCUT2D eigenvalue weighted by Crippen LogP contribution is -2.45. The van der Waals surface area contributed by atoms with Gasteiger partial charge in [-0.25, -0.2) is 8.42 Å². The lowest BCUT2D eigenvalue weighted by atomic mass is 9.95. The van der Waals surface area contributed by atoms with E-state index in [1.807, 2.05) is 20.8 Å². The smallest absolute Gasteiger partial charge is 0.241 e. The van der Waals surface area contributed by atoms with Gasteiger partial charge in [-0.2, -0.15) is 4.72 Å². The third kappa shape index (κ3) is 3.50. The molecule has 124 valence electrons. The second kappa shape index (κ2) is 6.79. The molecule has 0 heterocycles. The zero-order valence-electron chi connectivity index (χ0n) is 14.4. The third-order valence-electron chi connectivity index (χ3n) is 4.28. The van der Waals surface area contributed by atoms with Gasteiger partial charge in [-0.1, -0.05) is 0 Å². The van der Waals surface area contributed by atoms with Crippen molar-refractivity contribution in [2.24, 2.45) is 0 Å². The number of rotatable bonds is 5. The average Bonchev–Trinajstić information content (AvgIpc) is 2.42. The van der Waals surface area contributed by atoms with Crippen LogP contribution < -0.4 is 10.0 Å². The molecule has 0 saturated heterocycles. The first-order chi connectivity index (χ1) is 10.0. The molecule has 2 N–H and O–H groups in total. The summed E-state index contributed by atoms with van der Waals surface area (Å²) in [7, 11) is -3.76. The summed E-state index contributed by atoms with van der Waals surface area (Å²) < 4.78 is 27.9. The molecular formula is C16H26N2O3S. The molecule has 0 spiro atoms. The van der Waals surface area contributed by atoms with Crippen molar-refractivity contribution in [3.05, 3.63) is 27.8 Å². The second-order valence-corrected chi connectivity index (χ2v) is 7.34. The van der Waals surface area contributed by atoms with Gasteiger partial charge >= 0.3 is 0 Å². The Morgan fingerprint density at radius 2 is 1.36 bits per heavy atom. The molecule has 1 atom stereocenters. The van der Waals surface area contributed by atoms with E-state index in [4.69, 9.17) is 0 Å². The van der Waals surface area contributed by atoms with Gasteiger partial charge in [0.25, 0.3) is 0 Å². The van der Waals surface area contributed by atoms with Gasteiger partial charge < -0.3 is 5.32 Å². The van der Waals surface area contributed by atoms with Gasteiger partial charge in [0.1, 0.15) is 0 Å². The molecule has 0 saturated carbocycles. The minimum Gasteiger partial charge on any atom is -0.355 e. The highest BCUT2D eigenvalue weighted by Crippen LogP contribution is 2.29. The summed E-state index contributed by atoms with van der Waals surface area (Å²) in [5, 5.41) is 2.61. The number of likely N-dealkylation sites (N-methyl/N-ethyl adjacent to an activating group) is 1. The predicted molar refractivity (Wildman–Crippen MR) is 88.6 cm³/mol.